The van der Waals surface area contributed by atoms with Crippen molar-refractivity contribution in [3.05, 3.63) is 35.4 Å². The van der Waals surface area contributed by atoms with Crippen LogP contribution in [0.1, 0.15) is 24.5 Å². The molecule has 1 aliphatic carbocycles. The van der Waals surface area contributed by atoms with E-state index in [4.69, 9.17) is 5.11 Å². The Kier molecular flexibility index (Phi) is 3.36. The van der Waals surface area contributed by atoms with Gasteiger partial charge in [-0.1, -0.05) is 31.2 Å². The van der Waals surface area contributed by atoms with Gasteiger partial charge in [0.05, 0.1) is 5.41 Å². The third-order valence-electron chi connectivity index (χ3n) is 3.59. The van der Waals surface area contributed by atoms with Gasteiger partial charge in [0, 0.05) is 0 Å². The molecule has 0 saturated heterocycles. The number of carbonyl (C=O) groups is 2. The van der Waals surface area contributed by atoms with Crippen molar-refractivity contribution in [1.29, 1.82) is 0 Å². The Hall–Kier alpha value is -1.84. The first-order valence-corrected chi connectivity index (χ1v) is 6.08. The summed E-state index contributed by atoms with van der Waals surface area (Å²) in [4.78, 5) is 22.5. The monoisotopic (exact) mass is 247 g/mol. The van der Waals surface area contributed by atoms with Gasteiger partial charge in [-0.2, -0.15) is 0 Å². The van der Waals surface area contributed by atoms with E-state index >= 15 is 0 Å². The van der Waals surface area contributed by atoms with Crippen LogP contribution in [0, 0.1) is 5.41 Å². The Morgan fingerprint density at radius 1 is 1.33 bits per heavy atom. The highest BCUT2D eigenvalue weighted by molar-refractivity contribution is 5.86. The van der Waals surface area contributed by atoms with Crippen molar-refractivity contribution in [1.82, 2.24) is 5.32 Å². The molecule has 0 aliphatic heterocycles. The number of benzene rings is 1. The van der Waals surface area contributed by atoms with Crippen LogP contribution >= 0.6 is 0 Å². The van der Waals surface area contributed by atoms with Crippen molar-refractivity contribution in [3.63, 3.8) is 0 Å². The van der Waals surface area contributed by atoms with Crippen LogP contribution in [0.2, 0.25) is 0 Å². The minimum Gasteiger partial charge on any atom is -0.480 e. The molecule has 2 rings (SSSR count). The van der Waals surface area contributed by atoms with E-state index < -0.39 is 11.4 Å². The molecule has 1 aromatic carbocycles. The maximum Gasteiger partial charge on any atom is 0.322 e. The summed E-state index contributed by atoms with van der Waals surface area (Å²) in [6.45, 7) is 1.59. The van der Waals surface area contributed by atoms with Crippen molar-refractivity contribution in [2.24, 2.45) is 5.41 Å². The maximum absolute atomic E-state index is 12.1. The Morgan fingerprint density at radius 3 is 2.67 bits per heavy atom. The van der Waals surface area contributed by atoms with Crippen LogP contribution in [0.3, 0.4) is 0 Å². The normalized spacial score (nSPS) is 22.1. The van der Waals surface area contributed by atoms with Crippen LogP contribution in [0.4, 0.5) is 0 Å². The van der Waals surface area contributed by atoms with E-state index in [1.807, 2.05) is 25.1 Å². The second kappa shape index (κ2) is 4.80. The average Bonchev–Trinajstić information content (AvgIpc) is 2.35. The number of rotatable bonds is 3. The first kappa shape index (κ1) is 12.6. The quantitative estimate of drug-likeness (QED) is 0.848. The number of nitrogens with one attached hydrogen (secondary N) is 1. The van der Waals surface area contributed by atoms with E-state index in [0.29, 0.717) is 6.42 Å². The highest BCUT2D eigenvalue weighted by Gasteiger charge is 2.36. The minimum absolute atomic E-state index is 0.167. The number of fused-ring (bicyclic) bond motifs is 1. The molecule has 1 amide bonds. The molecule has 1 unspecified atom stereocenters. The second-order valence-electron chi connectivity index (χ2n) is 5.08. The van der Waals surface area contributed by atoms with E-state index in [1.165, 1.54) is 11.1 Å². The number of hydrogen-bond donors (Lipinski definition) is 2. The fourth-order valence-electron chi connectivity index (χ4n) is 2.46. The van der Waals surface area contributed by atoms with Crippen molar-refractivity contribution in [2.75, 3.05) is 6.54 Å². The zero-order valence-electron chi connectivity index (χ0n) is 10.4. The van der Waals surface area contributed by atoms with Crippen LogP contribution in [-0.4, -0.2) is 23.5 Å². The first-order valence-electron chi connectivity index (χ1n) is 6.08. The molecule has 0 fully saturated rings. The Balaban J connectivity index is 2.10. The number of carboxylic acid groups (broad SMARTS) is 1. The highest BCUT2D eigenvalue weighted by Crippen LogP contribution is 2.35. The van der Waals surface area contributed by atoms with Crippen molar-refractivity contribution < 1.29 is 14.7 Å². The molecule has 0 bridgehead atoms. The van der Waals surface area contributed by atoms with E-state index in [9.17, 15) is 9.59 Å². The lowest BCUT2D eigenvalue weighted by atomic mass is 9.72. The van der Waals surface area contributed by atoms with E-state index in [1.54, 1.807) is 0 Å². The molecule has 1 aliphatic rings. The second-order valence-corrected chi connectivity index (χ2v) is 5.08. The van der Waals surface area contributed by atoms with Crippen LogP contribution in [-0.2, 0) is 22.4 Å². The molecule has 96 valence electrons. The molecule has 0 spiro atoms. The van der Waals surface area contributed by atoms with Gasteiger partial charge < -0.3 is 10.4 Å². The molecular formula is C14H17NO3. The van der Waals surface area contributed by atoms with Crippen molar-refractivity contribution in [3.8, 4) is 0 Å². The van der Waals surface area contributed by atoms with Crippen LogP contribution < -0.4 is 5.32 Å². The number of aliphatic carboxylic acids is 1. The highest BCUT2D eigenvalue weighted by atomic mass is 16.4. The van der Waals surface area contributed by atoms with Gasteiger partial charge in [-0.05, 0) is 30.4 Å². The lowest BCUT2D eigenvalue weighted by molar-refractivity contribution is -0.140. The summed E-state index contributed by atoms with van der Waals surface area (Å²) in [6.07, 6.45) is 2.30. The molecule has 0 radical (unpaired) electrons. The molecule has 0 aromatic heterocycles. The third-order valence-corrected chi connectivity index (χ3v) is 3.59. The predicted molar refractivity (Wildman–Crippen MR) is 67.2 cm³/mol. The van der Waals surface area contributed by atoms with Crippen molar-refractivity contribution >= 4 is 11.9 Å². The fourth-order valence-corrected chi connectivity index (χ4v) is 2.46. The molecular weight excluding hydrogens is 230 g/mol. The van der Waals surface area contributed by atoms with Gasteiger partial charge >= 0.3 is 5.97 Å². The molecule has 1 atom stereocenters. The summed E-state index contributed by atoms with van der Waals surface area (Å²) in [7, 11) is 0. The Labute approximate surface area is 106 Å². The smallest absolute Gasteiger partial charge is 0.322 e. The fraction of sp³-hybridized carbons (Fsp3) is 0.429. The number of aryl methyl sites for hydroxylation is 1. The van der Waals surface area contributed by atoms with Gasteiger partial charge in [0.15, 0.2) is 0 Å². The van der Waals surface area contributed by atoms with Gasteiger partial charge in [0.1, 0.15) is 6.54 Å². The Bertz CT molecular complexity index is 484. The maximum atomic E-state index is 12.1. The van der Waals surface area contributed by atoms with E-state index in [-0.39, 0.29) is 12.5 Å². The standard InChI is InChI=1S/C14H17NO3/c1-14(13(18)15-9-12(16)17)7-6-10-4-2-3-5-11(10)8-14/h2-5H,6-9H2,1H3,(H,15,18)(H,16,17). The SMILES string of the molecule is CC1(C(=O)NCC(=O)O)CCc2ccccc2C1. The van der Waals surface area contributed by atoms with Crippen LogP contribution in [0.5, 0.6) is 0 Å². The van der Waals surface area contributed by atoms with Gasteiger partial charge in [0.2, 0.25) is 5.91 Å². The first-order chi connectivity index (χ1) is 8.51. The van der Waals surface area contributed by atoms with Gasteiger partial charge in [0.25, 0.3) is 0 Å². The molecule has 4 heteroatoms. The summed E-state index contributed by atoms with van der Waals surface area (Å²) in [5.41, 5.74) is 1.99. The number of carboxylic acids is 1. The zero-order valence-corrected chi connectivity index (χ0v) is 10.4. The number of amides is 1. The van der Waals surface area contributed by atoms with Gasteiger partial charge in [-0.3, -0.25) is 9.59 Å². The summed E-state index contributed by atoms with van der Waals surface area (Å²) in [6, 6.07) is 8.10. The largest absolute Gasteiger partial charge is 0.480 e. The molecule has 4 nitrogen and oxygen atoms in total. The summed E-state index contributed by atoms with van der Waals surface area (Å²) >= 11 is 0. The van der Waals surface area contributed by atoms with E-state index in [0.717, 1.165) is 12.8 Å². The van der Waals surface area contributed by atoms with Crippen LogP contribution in [0.15, 0.2) is 24.3 Å². The molecule has 1 aromatic rings. The number of hydrogen-bond acceptors (Lipinski definition) is 2. The summed E-state index contributed by atoms with van der Waals surface area (Å²) < 4.78 is 0. The summed E-state index contributed by atoms with van der Waals surface area (Å²) in [5, 5.41) is 11.1. The minimum atomic E-state index is -1.01. The van der Waals surface area contributed by atoms with E-state index in [2.05, 4.69) is 11.4 Å². The lowest BCUT2D eigenvalue weighted by Crippen LogP contribution is -2.44. The number of carbonyl (C=O) groups excluding carboxylic acids is 1. The third kappa shape index (κ3) is 2.53. The van der Waals surface area contributed by atoms with Gasteiger partial charge in [-0.15, -0.1) is 0 Å². The summed E-state index contributed by atoms with van der Waals surface area (Å²) in [5.74, 6) is -1.18. The van der Waals surface area contributed by atoms with Crippen LogP contribution in [0.25, 0.3) is 0 Å². The predicted octanol–water partition coefficient (Wildman–Crippen LogP) is 1.38. The molecule has 0 heterocycles. The zero-order chi connectivity index (χ0) is 13.2. The molecule has 18 heavy (non-hydrogen) atoms. The molecule has 0 saturated carbocycles. The average molecular weight is 247 g/mol. The topological polar surface area (TPSA) is 66.4 Å². The van der Waals surface area contributed by atoms with Crippen molar-refractivity contribution in [2.45, 2.75) is 26.2 Å². The van der Waals surface area contributed by atoms with Gasteiger partial charge in [-0.25, -0.2) is 0 Å². The molecule has 2 N–H and O–H groups in total. The Morgan fingerprint density at radius 2 is 2.00 bits per heavy atom. The lowest BCUT2D eigenvalue weighted by Gasteiger charge is -2.33.